The summed E-state index contributed by atoms with van der Waals surface area (Å²) in [5.41, 5.74) is 5.20. The number of hydrogen-bond acceptors (Lipinski definition) is 2. The molecule has 0 radical (unpaired) electrons. The Kier molecular flexibility index (Phi) is 2.46. The fourth-order valence-electron chi connectivity index (χ4n) is 3.23. The second-order valence-corrected chi connectivity index (χ2v) is 5.17. The zero-order valence-electron chi connectivity index (χ0n) is 11.0. The van der Waals surface area contributed by atoms with E-state index in [1.807, 2.05) is 18.2 Å². The number of pyridine rings is 1. The summed E-state index contributed by atoms with van der Waals surface area (Å²) >= 11 is 0. The fourth-order valence-corrected chi connectivity index (χ4v) is 3.23. The molecule has 0 N–H and O–H groups in total. The van der Waals surface area contributed by atoms with E-state index in [1.54, 1.807) is 6.20 Å². The molecule has 3 heterocycles. The highest BCUT2D eigenvalue weighted by atomic mass is 16.1. The molecule has 3 nitrogen and oxygen atoms in total. The molecular weight excluding hydrogens is 248 g/mol. The van der Waals surface area contributed by atoms with E-state index in [0.29, 0.717) is 0 Å². The SMILES string of the molecule is O=Cc1c2n(c3ncccc13)CCCc1ccccc1-2. The Morgan fingerprint density at radius 2 is 2.05 bits per heavy atom. The van der Waals surface area contributed by atoms with Gasteiger partial charge in [-0.3, -0.25) is 4.79 Å². The summed E-state index contributed by atoms with van der Waals surface area (Å²) in [7, 11) is 0. The van der Waals surface area contributed by atoms with Crippen molar-refractivity contribution in [1.82, 2.24) is 9.55 Å². The standard InChI is InChI=1S/C17H14N2O/c20-11-15-14-8-3-9-18-17(14)19-10-4-6-12-5-1-2-7-13(12)16(15)19/h1-3,5,7-9,11H,4,6,10H2. The molecule has 20 heavy (non-hydrogen) atoms. The Balaban J connectivity index is 2.18. The molecule has 0 aliphatic carbocycles. The first kappa shape index (κ1) is 11.4. The average Bonchev–Trinajstić information content (AvgIpc) is 2.69. The van der Waals surface area contributed by atoms with E-state index in [0.717, 1.165) is 48.0 Å². The Bertz CT molecular complexity index is 817. The number of aromatic nitrogens is 2. The maximum Gasteiger partial charge on any atom is 0.152 e. The quantitative estimate of drug-likeness (QED) is 0.629. The maximum atomic E-state index is 11.6. The smallest absolute Gasteiger partial charge is 0.152 e. The van der Waals surface area contributed by atoms with Crippen LogP contribution in [0.4, 0.5) is 0 Å². The molecule has 0 amide bonds. The second-order valence-electron chi connectivity index (χ2n) is 5.17. The van der Waals surface area contributed by atoms with Crippen molar-refractivity contribution in [2.75, 3.05) is 0 Å². The Labute approximate surface area is 116 Å². The van der Waals surface area contributed by atoms with Crippen molar-refractivity contribution >= 4 is 17.3 Å². The first-order valence-electron chi connectivity index (χ1n) is 6.91. The van der Waals surface area contributed by atoms with Gasteiger partial charge in [-0.25, -0.2) is 4.98 Å². The lowest BCUT2D eigenvalue weighted by atomic mass is 9.99. The van der Waals surface area contributed by atoms with E-state index >= 15 is 0 Å². The molecule has 1 aliphatic heterocycles. The van der Waals surface area contributed by atoms with Gasteiger partial charge in [-0.2, -0.15) is 0 Å². The first-order chi connectivity index (χ1) is 9.90. The van der Waals surface area contributed by atoms with Crippen molar-refractivity contribution in [3.05, 3.63) is 53.7 Å². The molecule has 2 aromatic heterocycles. The third-order valence-corrected chi connectivity index (χ3v) is 4.08. The van der Waals surface area contributed by atoms with Crippen molar-refractivity contribution in [3.63, 3.8) is 0 Å². The summed E-state index contributed by atoms with van der Waals surface area (Å²) in [6.07, 6.45) is 4.88. The molecule has 0 spiro atoms. The minimum atomic E-state index is 0.766. The summed E-state index contributed by atoms with van der Waals surface area (Å²) in [4.78, 5) is 16.1. The van der Waals surface area contributed by atoms with Gasteiger partial charge < -0.3 is 4.57 Å². The third-order valence-electron chi connectivity index (χ3n) is 4.08. The number of carbonyl (C=O) groups is 1. The predicted molar refractivity (Wildman–Crippen MR) is 78.9 cm³/mol. The average molecular weight is 262 g/mol. The molecular formula is C17H14N2O. The molecule has 0 saturated carbocycles. The highest BCUT2D eigenvalue weighted by Crippen LogP contribution is 2.36. The van der Waals surface area contributed by atoms with Gasteiger partial charge in [0.1, 0.15) is 5.65 Å². The van der Waals surface area contributed by atoms with Crippen LogP contribution in [-0.2, 0) is 13.0 Å². The van der Waals surface area contributed by atoms with E-state index in [2.05, 4.69) is 27.8 Å². The van der Waals surface area contributed by atoms with Gasteiger partial charge in [-0.1, -0.05) is 24.3 Å². The van der Waals surface area contributed by atoms with Gasteiger partial charge in [0.15, 0.2) is 6.29 Å². The lowest BCUT2D eigenvalue weighted by Crippen LogP contribution is -1.99. The van der Waals surface area contributed by atoms with E-state index in [9.17, 15) is 4.79 Å². The Morgan fingerprint density at radius 1 is 1.15 bits per heavy atom. The van der Waals surface area contributed by atoms with Crippen molar-refractivity contribution < 1.29 is 4.79 Å². The van der Waals surface area contributed by atoms with Crippen molar-refractivity contribution in [2.45, 2.75) is 19.4 Å². The van der Waals surface area contributed by atoms with Gasteiger partial charge in [0, 0.05) is 29.3 Å². The molecule has 98 valence electrons. The summed E-state index contributed by atoms with van der Waals surface area (Å²) in [5, 5.41) is 0.953. The lowest BCUT2D eigenvalue weighted by molar-refractivity contribution is 0.112. The van der Waals surface area contributed by atoms with Crippen molar-refractivity contribution in [3.8, 4) is 11.3 Å². The van der Waals surface area contributed by atoms with Gasteiger partial charge in [-0.15, -0.1) is 0 Å². The molecule has 3 heteroatoms. The van der Waals surface area contributed by atoms with Crippen LogP contribution in [0.15, 0.2) is 42.6 Å². The van der Waals surface area contributed by atoms with Gasteiger partial charge in [0.05, 0.1) is 5.69 Å². The van der Waals surface area contributed by atoms with Crippen LogP contribution in [0.3, 0.4) is 0 Å². The number of carbonyl (C=O) groups excluding carboxylic acids is 1. The number of fused-ring (bicyclic) bond motifs is 5. The van der Waals surface area contributed by atoms with Crippen LogP contribution in [0.2, 0.25) is 0 Å². The number of aryl methyl sites for hydroxylation is 2. The number of hydrogen-bond donors (Lipinski definition) is 0. The van der Waals surface area contributed by atoms with Gasteiger partial charge in [0.25, 0.3) is 0 Å². The Hall–Kier alpha value is -2.42. The molecule has 4 rings (SSSR count). The zero-order chi connectivity index (χ0) is 13.5. The zero-order valence-corrected chi connectivity index (χ0v) is 11.0. The van der Waals surface area contributed by atoms with E-state index in [4.69, 9.17) is 0 Å². The van der Waals surface area contributed by atoms with E-state index < -0.39 is 0 Å². The summed E-state index contributed by atoms with van der Waals surface area (Å²) in [6.45, 7) is 0.908. The van der Waals surface area contributed by atoms with Crippen LogP contribution in [0.1, 0.15) is 22.3 Å². The van der Waals surface area contributed by atoms with Crippen LogP contribution < -0.4 is 0 Å². The van der Waals surface area contributed by atoms with Crippen LogP contribution in [0.5, 0.6) is 0 Å². The predicted octanol–water partition coefficient (Wildman–Crippen LogP) is 3.46. The number of benzene rings is 1. The highest BCUT2D eigenvalue weighted by molar-refractivity contribution is 6.04. The summed E-state index contributed by atoms with van der Waals surface area (Å²) in [5.74, 6) is 0. The van der Waals surface area contributed by atoms with E-state index in [-0.39, 0.29) is 0 Å². The van der Waals surface area contributed by atoms with Crippen LogP contribution in [0, 0.1) is 0 Å². The van der Waals surface area contributed by atoms with E-state index in [1.165, 1.54) is 11.1 Å². The molecule has 3 aromatic rings. The molecule has 1 aromatic carbocycles. The number of nitrogens with zero attached hydrogens (tertiary/aromatic N) is 2. The summed E-state index contributed by atoms with van der Waals surface area (Å²) < 4.78 is 2.20. The topological polar surface area (TPSA) is 34.9 Å². The number of rotatable bonds is 1. The molecule has 0 bridgehead atoms. The fraction of sp³-hybridized carbons (Fsp3) is 0.176. The first-order valence-corrected chi connectivity index (χ1v) is 6.91. The van der Waals surface area contributed by atoms with Gasteiger partial charge in [0.2, 0.25) is 0 Å². The minimum Gasteiger partial charge on any atom is -0.325 e. The molecule has 0 unspecified atom stereocenters. The molecule has 1 aliphatic rings. The minimum absolute atomic E-state index is 0.766. The van der Waals surface area contributed by atoms with Crippen molar-refractivity contribution in [2.24, 2.45) is 0 Å². The van der Waals surface area contributed by atoms with Crippen LogP contribution in [-0.4, -0.2) is 15.8 Å². The van der Waals surface area contributed by atoms with Gasteiger partial charge in [-0.05, 0) is 30.5 Å². The van der Waals surface area contributed by atoms with Crippen molar-refractivity contribution in [1.29, 1.82) is 0 Å². The maximum absolute atomic E-state index is 11.6. The number of aldehydes is 1. The molecule has 0 fully saturated rings. The second kappa shape index (κ2) is 4.30. The van der Waals surface area contributed by atoms with Crippen LogP contribution >= 0.6 is 0 Å². The largest absolute Gasteiger partial charge is 0.325 e. The third kappa shape index (κ3) is 1.46. The highest BCUT2D eigenvalue weighted by Gasteiger charge is 2.22. The monoisotopic (exact) mass is 262 g/mol. The summed E-state index contributed by atoms with van der Waals surface area (Å²) in [6, 6.07) is 12.2. The normalized spacial score (nSPS) is 13.6. The molecule has 0 saturated heterocycles. The van der Waals surface area contributed by atoms with Crippen LogP contribution in [0.25, 0.3) is 22.3 Å². The van der Waals surface area contributed by atoms with Gasteiger partial charge >= 0.3 is 0 Å². The Morgan fingerprint density at radius 3 is 2.95 bits per heavy atom. The molecule has 0 atom stereocenters. The lowest BCUT2D eigenvalue weighted by Gasteiger charge is -2.08.